The molecule has 0 aliphatic heterocycles. The van der Waals surface area contributed by atoms with Crippen LogP contribution in [0.5, 0.6) is 0 Å². The summed E-state index contributed by atoms with van der Waals surface area (Å²) in [4.78, 5) is 35.3. The molecule has 0 fully saturated rings. The van der Waals surface area contributed by atoms with Gasteiger partial charge >= 0.3 is 5.97 Å². The van der Waals surface area contributed by atoms with Crippen molar-refractivity contribution in [3.8, 4) is 0 Å². The molecular weight excluding hydrogens is 376 g/mol. The first kappa shape index (κ1) is 19.8. The van der Waals surface area contributed by atoms with Crippen LogP contribution in [0.3, 0.4) is 0 Å². The predicted molar refractivity (Wildman–Crippen MR) is 102 cm³/mol. The summed E-state index contributed by atoms with van der Waals surface area (Å²) in [6.45, 7) is -0.373. The molecule has 2 rings (SSSR count). The number of amides is 1. The molecule has 1 amide bonds. The van der Waals surface area contributed by atoms with Gasteiger partial charge in [-0.3, -0.25) is 19.7 Å². The number of nitro groups is 1. The van der Waals surface area contributed by atoms with Crippen molar-refractivity contribution in [2.75, 3.05) is 23.9 Å². The summed E-state index contributed by atoms with van der Waals surface area (Å²) in [6, 6.07) is 13.2. The number of rotatable bonds is 8. The Balaban J connectivity index is 1.75. The molecule has 0 aliphatic carbocycles. The average molecular weight is 392 g/mol. The molecule has 136 valence electrons. The van der Waals surface area contributed by atoms with Gasteiger partial charge in [-0.2, -0.15) is 0 Å². The highest BCUT2D eigenvalue weighted by Gasteiger charge is 2.11. The molecule has 0 heterocycles. The Morgan fingerprint density at radius 2 is 1.85 bits per heavy atom. The number of nitrogens with one attached hydrogen (secondary N) is 1. The van der Waals surface area contributed by atoms with Gasteiger partial charge in [0.15, 0.2) is 6.61 Å². The number of thioether (sulfide) groups is 2. The van der Waals surface area contributed by atoms with E-state index in [4.69, 9.17) is 4.74 Å². The van der Waals surface area contributed by atoms with E-state index in [1.54, 1.807) is 18.2 Å². The summed E-state index contributed by atoms with van der Waals surface area (Å²) in [5.41, 5.74) is 0.653. The van der Waals surface area contributed by atoms with Gasteiger partial charge in [0.1, 0.15) is 0 Å². The van der Waals surface area contributed by atoms with E-state index in [1.165, 1.54) is 35.7 Å². The molecule has 0 atom stereocenters. The molecule has 2 aromatic carbocycles. The third-order valence-corrected chi connectivity index (χ3v) is 4.93. The summed E-state index contributed by atoms with van der Waals surface area (Å²) in [7, 11) is 0. The maximum atomic E-state index is 11.9. The van der Waals surface area contributed by atoms with Crippen molar-refractivity contribution >= 4 is 46.8 Å². The van der Waals surface area contributed by atoms with Gasteiger partial charge in [-0.05, 0) is 30.5 Å². The van der Waals surface area contributed by atoms with Crippen molar-refractivity contribution in [2.45, 2.75) is 9.79 Å². The van der Waals surface area contributed by atoms with Gasteiger partial charge in [-0.15, -0.1) is 23.5 Å². The summed E-state index contributed by atoms with van der Waals surface area (Å²) < 4.78 is 4.95. The van der Waals surface area contributed by atoms with Gasteiger partial charge in [0.2, 0.25) is 0 Å². The molecule has 9 heteroatoms. The van der Waals surface area contributed by atoms with Crippen LogP contribution in [0.15, 0.2) is 58.3 Å². The molecule has 0 aromatic heterocycles. The third kappa shape index (κ3) is 6.08. The first-order chi connectivity index (χ1) is 12.5. The number of non-ortho nitro benzene ring substituents is 1. The standard InChI is InChI=1S/C17H16N2O5S2/c1-25-15-5-3-2-4-14(15)18-16(20)10-24-17(21)11-26-13-8-6-12(7-9-13)19(22)23/h2-9H,10-11H2,1H3,(H,18,20). The van der Waals surface area contributed by atoms with E-state index in [0.29, 0.717) is 10.6 Å². The van der Waals surface area contributed by atoms with E-state index in [-0.39, 0.29) is 18.0 Å². The van der Waals surface area contributed by atoms with Crippen LogP contribution in [-0.2, 0) is 14.3 Å². The smallest absolute Gasteiger partial charge is 0.316 e. The van der Waals surface area contributed by atoms with E-state index < -0.39 is 16.8 Å². The molecule has 0 radical (unpaired) electrons. The number of anilines is 1. The molecule has 0 aliphatic rings. The van der Waals surface area contributed by atoms with Crippen LogP contribution in [0.25, 0.3) is 0 Å². The van der Waals surface area contributed by atoms with Crippen LogP contribution in [0.4, 0.5) is 11.4 Å². The summed E-state index contributed by atoms with van der Waals surface area (Å²) in [5.74, 6) is -0.950. The van der Waals surface area contributed by atoms with E-state index in [0.717, 1.165) is 4.90 Å². The number of ether oxygens (including phenoxy) is 1. The number of para-hydroxylation sites is 1. The van der Waals surface area contributed by atoms with Crippen molar-refractivity contribution in [3.05, 3.63) is 58.6 Å². The lowest BCUT2D eigenvalue weighted by molar-refractivity contribution is -0.384. The van der Waals surface area contributed by atoms with Gasteiger partial charge in [0, 0.05) is 21.9 Å². The van der Waals surface area contributed by atoms with Gasteiger partial charge < -0.3 is 10.1 Å². The fourth-order valence-electron chi connectivity index (χ4n) is 1.93. The van der Waals surface area contributed by atoms with Crippen LogP contribution in [0.1, 0.15) is 0 Å². The first-order valence-corrected chi connectivity index (χ1v) is 9.66. The Hall–Kier alpha value is -2.52. The van der Waals surface area contributed by atoms with E-state index in [2.05, 4.69) is 5.32 Å². The Morgan fingerprint density at radius 1 is 1.15 bits per heavy atom. The van der Waals surface area contributed by atoms with Gasteiger partial charge in [-0.25, -0.2) is 0 Å². The molecule has 7 nitrogen and oxygen atoms in total. The van der Waals surface area contributed by atoms with Crippen LogP contribution < -0.4 is 5.32 Å². The van der Waals surface area contributed by atoms with Crippen molar-refractivity contribution in [1.29, 1.82) is 0 Å². The fourth-order valence-corrected chi connectivity index (χ4v) is 3.18. The number of carbonyl (C=O) groups is 2. The summed E-state index contributed by atoms with van der Waals surface area (Å²) >= 11 is 2.68. The van der Waals surface area contributed by atoms with Gasteiger partial charge in [0.05, 0.1) is 16.4 Å². The number of carbonyl (C=O) groups excluding carboxylic acids is 2. The predicted octanol–water partition coefficient (Wildman–Crippen LogP) is 3.59. The molecular formula is C17H16N2O5S2. The maximum absolute atomic E-state index is 11.9. The molecule has 0 saturated carbocycles. The molecule has 1 N–H and O–H groups in total. The van der Waals surface area contributed by atoms with Gasteiger partial charge in [0.25, 0.3) is 11.6 Å². The number of nitro benzene ring substituents is 1. The minimum atomic E-state index is -0.540. The fraction of sp³-hybridized carbons (Fsp3) is 0.176. The highest BCUT2D eigenvalue weighted by molar-refractivity contribution is 8.00. The summed E-state index contributed by atoms with van der Waals surface area (Å²) in [6.07, 6.45) is 1.90. The van der Waals surface area contributed by atoms with Crippen LogP contribution in [0, 0.1) is 10.1 Å². The highest BCUT2D eigenvalue weighted by Crippen LogP contribution is 2.24. The van der Waals surface area contributed by atoms with Crippen LogP contribution in [-0.4, -0.2) is 35.4 Å². The molecule has 26 heavy (non-hydrogen) atoms. The zero-order chi connectivity index (χ0) is 18.9. The zero-order valence-corrected chi connectivity index (χ0v) is 15.5. The Labute approximate surface area is 158 Å². The topological polar surface area (TPSA) is 98.5 Å². The van der Waals surface area contributed by atoms with Crippen LogP contribution in [0.2, 0.25) is 0 Å². The number of nitrogens with zero attached hydrogens (tertiary/aromatic N) is 1. The van der Waals surface area contributed by atoms with Crippen molar-refractivity contribution < 1.29 is 19.2 Å². The quantitative estimate of drug-likeness (QED) is 0.317. The second-order valence-corrected chi connectivity index (χ2v) is 6.85. The highest BCUT2D eigenvalue weighted by atomic mass is 32.2. The Kier molecular flexibility index (Phi) is 7.49. The maximum Gasteiger partial charge on any atom is 0.316 e. The average Bonchev–Trinajstić information content (AvgIpc) is 2.65. The number of benzene rings is 2. The molecule has 0 spiro atoms. The minimum absolute atomic E-state index is 0.00644. The van der Waals surface area contributed by atoms with Crippen molar-refractivity contribution in [2.24, 2.45) is 0 Å². The summed E-state index contributed by atoms with van der Waals surface area (Å²) in [5, 5.41) is 13.3. The Bertz CT molecular complexity index is 796. The first-order valence-electron chi connectivity index (χ1n) is 7.45. The zero-order valence-electron chi connectivity index (χ0n) is 13.8. The SMILES string of the molecule is CSc1ccccc1NC(=O)COC(=O)CSc1ccc([N+](=O)[O-])cc1. The lowest BCUT2D eigenvalue weighted by atomic mass is 10.3. The second-order valence-electron chi connectivity index (χ2n) is 4.95. The van der Waals surface area contributed by atoms with Gasteiger partial charge in [-0.1, -0.05) is 12.1 Å². The van der Waals surface area contributed by atoms with Crippen molar-refractivity contribution in [1.82, 2.24) is 0 Å². The van der Waals surface area contributed by atoms with Crippen molar-refractivity contribution in [3.63, 3.8) is 0 Å². The molecule has 0 bridgehead atoms. The lowest BCUT2D eigenvalue weighted by Crippen LogP contribution is -2.21. The third-order valence-electron chi connectivity index (χ3n) is 3.15. The number of esters is 1. The molecule has 0 unspecified atom stereocenters. The molecule has 2 aromatic rings. The monoisotopic (exact) mass is 392 g/mol. The van der Waals surface area contributed by atoms with E-state index >= 15 is 0 Å². The normalized spacial score (nSPS) is 10.2. The second kappa shape index (κ2) is 9.83. The number of hydrogen-bond acceptors (Lipinski definition) is 7. The lowest BCUT2D eigenvalue weighted by Gasteiger charge is -2.09. The number of hydrogen-bond donors (Lipinski definition) is 1. The van der Waals surface area contributed by atoms with Crippen LogP contribution >= 0.6 is 23.5 Å². The van der Waals surface area contributed by atoms with E-state index in [1.807, 2.05) is 24.5 Å². The van der Waals surface area contributed by atoms with E-state index in [9.17, 15) is 19.7 Å². The largest absolute Gasteiger partial charge is 0.455 e. The Morgan fingerprint density at radius 3 is 2.50 bits per heavy atom. The minimum Gasteiger partial charge on any atom is -0.455 e. The molecule has 0 saturated heterocycles.